The average molecular weight is 340 g/mol. The Bertz CT molecular complexity index is 697. The maximum atomic E-state index is 12.0. The molecule has 0 saturated carbocycles. The molecule has 0 bridgehead atoms. The molecule has 1 amide bonds. The number of carbonyl (C=O) groups excluding carboxylic acids is 2. The van der Waals surface area contributed by atoms with Gasteiger partial charge in [-0.25, -0.2) is 9.52 Å². The second-order valence-electron chi connectivity index (χ2n) is 5.85. The van der Waals surface area contributed by atoms with E-state index in [-0.39, 0.29) is 25.1 Å². The predicted octanol–water partition coefficient (Wildman–Crippen LogP) is 1.06. The molecule has 1 N–H and O–H groups in total. The van der Waals surface area contributed by atoms with Gasteiger partial charge in [0.2, 0.25) is 5.91 Å². The zero-order valence-electron chi connectivity index (χ0n) is 13.3. The lowest BCUT2D eigenvalue weighted by Crippen LogP contribution is -2.29. The number of rotatable bonds is 5. The van der Waals surface area contributed by atoms with Crippen LogP contribution >= 0.6 is 0 Å². The first-order valence-electron chi connectivity index (χ1n) is 7.29. The highest BCUT2D eigenvalue weighted by Crippen LogP contribution is 2.15. The first-order chi connectivity index (χ1) is 10.7. The van der Waals surface area contributed by atoms with E-state index in [9.17, 15) is 18.0 Å². The zero-order valence-corrected chi connectivity index (χ0v) is 14.1. The van der Waals surface area contributed by atoms with Crippen LogP contribution in [0.2, 0.25) is 0 Å². The normalized spacial score (nSPS) is 18.7. The fraction of sp³-hybridized carbons (Fsp3) is 0.467. The van der Waals surface area contributed by atoms with E-state index in [2.05, 4.69) is 0 Å². The van der Waals surface area contributed by atoms with Crippen molar-refractivity contribution >= 4 is 22.1 Å². The number of hydrogen-bond donors (Lipinski definition) is 1. The fourth-order valence-corrected chi connectivity index (χ4v) is 3.04. The van der Waals surface area contributed by atoms with E-state index in [1.165, 1.54) is 0 Å². The smallest absolute Gasteiger partial charge is 0.338 e. The average Bonchev–Trinajstić information content (AvgIpc) is 2.71. The lowest BCUT2D eigenvalue weighted by Gasteiger charge is -2.17. The van der Waals surface area contributed by atoms with E-state index in [0.717, 1.165) is 4.31 Å². The van der Waals surface area contributed by atoms with Gasteiger partial charge in [0.05, 0.1) is 12.1 Å². The SMILES string of the molecule is CC(C)C(C)OC(=O)c1ccc(CN2CC(=O)NS2(=O)=O)cc1. The molecule has 1 aliphatic heterocycles. The molecule has 0 spiro atoms. The van der Waals surface area contributed by atoms with Crippen molar-refractivity contribution in [1.82, 2.24) is 9.03 Å². The van der Waals surface area contributed by atoms with Gasteiger partial charge in [-0.3, -0.25) is 4.79 Å². The van der Waals surface area contributed by atoms with Gasteiger partial charge in [0.25, 0.3) is 0 Å². The Morgan fingerprint density at radius 2 is 1.87 bits per heavy atom. The van der Waals surface area contributed by atoms with Crippen LogP contribution in [-0.2, 0) is 26.3 Å². The molecule has 2 rings (SSSR count). The number of esters is 1. The molecular weight excluding hydrogens is 320 g/mol. The van der Waals surface area contributed by atoms with E-state index >= 15 is 0 Å². The third kappa shape index (κ3) is 4.29. The maximum absolute atomic E-state index is 12.0. The van der Waals surface area contributed by atoms with E-state index in [1.54, 1.807) is 24.3 Å². The minimum atomic E-state index is -3.74. The van der Waals surface area contributed by atoms with Crippen LogP contribution in [0.4, 0.5) is 0 Å². The van der Waals surface area contributed by atoms with Crippen molar-refractivity contribution in [2.45, 2.75) is 33.4 Å². The summed E-state index contributed by atoms with van der Waals surface area (Å²) in [6.07, 6.45) is -0.186. The number of nitrogens with one attached hydrogen (secondary N) is 1. The van der Waals surface area contributed by atoms with E-state index in [0.29, 0.717) is 11.1 Å². The Labute approximate surface area is 135 Å². The molecule has 8 heteroatoms. The van der Waals surface area contributed by atoms with Crippen molar-refractivity contribution in [1.29, 1.82) is 0 Å². The highest BCUT2D eigenvalue weighted by atomic mass is 32.2. The minimum Gasteiger partial charge on any atom is -0.459 e. The molecule has 0 aliphatic carbocycles. The summed E-state index contributed by atoms with van der Waals surface area (Å²) < 4.78 is 31.6. The summed E-state index contributed by atoms with van der Waals surface area (Å²) in [7, 11) is -3.74. The van der Waals surface area contributed by atoms with E-state index in [1.807, 2.05) is 25.5 Å². The number of nitrogens with zero attached hydrogens (tertiary/aromatic N) is 1. The Morgan fingerprint density at radius 1 is 1.26 bits per heavy atom. The van der Waals surface area contributed by atoms with Crippen LogP contribution in [0.1, 0.15) is 36.7 Å². The van der Waals surface area contributed by atoms with E-state index < -0.39 is 22.1 Å². The quantitative estimate of drug-likeness (QED) is 0.809. The maximum Gasteiger partial charge on any atom is 0.338 e. The van der Waals surface area contributed by atoms with Gasteiger partial charge in [-0.2, -0.15) is 12.7 Å². The van der Waals surface area contributed by atoms with Gasteiger partial charge in [0, 0.05) is 6.54 Å². The van der Waals surface area contributed by atoms with Crippen LogP contribution in [0.25, 0.3) is 0 Å². The second-order valence-corrected chi connectivity index (χ2v) is 7.52. The molecule has 1 aliphatic rings. The highest BCUT2D eigenvalue weighted by Gasteiger charge is 2.33. The summed E-state index contributed by atoms with van der Waals surface area (Å²) in [5.74, 6) is -0.736. The lowest BCUT2D eigenvalue weighted by molar-refractivity contribution is -0.118. The number of ether oxygens (including phenoxy) is 1. The lowest BCUT2D eigenvalue weighted by atomic mass is 10.1. The van der Waals surface area contributed by atoms with Crippen LogP contribution < -0.4 is 4.72 Å². The van der Waals surface area contributed by atoms with Crippen LogP contribution in [0.5, 0.6) is 0 Å². The van der Waals surface area contributed by atoms with Gasteiger partial charge in [-0.15, -0.1) is 0 Å². The van der Waals surface area contributed by atoms with Crippen molar-refractivity contribution in [2.24, 2.45) is 5.92 Å². The van der Waals surface area contributed by atoms with Crippen molar-refractivity contribution in [3.8, 4) is 0 Å². The molecule has 1 unspecified atom stereocenters. The Hall–Kier alpha value is -1.93. The highest BCUT2D eigenvalue weighted by molar-refractivity contribution is 7.88. The standard InChI is InChI=1S/C15H20N2O5S/c1-10(2)11(3)22-15(19)13-6-4-12(5-7-13)8-17-9-14(18)16-23(17,20)21/h4-7,10-11H,8-9H2,1-3H3,(H,16,18). The second kappa shape index (κ2) is 6.67. The van der Waals surface area contributed by atoms with Crippen LogP contribution in [0, 0.1) is 5.92 Å². The van der Waals surface area contributed by atoms with Gasteiger partial charge in [-0.05, 0) is 30.5 Å². The molecule has 1 aromatic carbocycles. The molecule has 1 heterocycles. The number of amides is 1. The topological polar surface area (TPSA) is 92.8 Å². The van der Waals surface area contributed by atoms with Crippen LogP contribution in [0.15, 0.2) is 24.3 Å². The molecule has 126 valence electrons. The Kier molecular flexibility index (Phi) is 5.06. The molecule has 0 radical (unpaired) electrons. The summed E-state index contributed by atoms with van der Waals surface area (Å²) in [4.78, 5) is 23.1. The van der Waals surface area contributed by atoms with Crippen LogP contribution in [-0.4, -0.2) is 37.2 Å². The summed E-state index contributed by atoms with van der Waals surface area (Å²) in [6, 6.07) is 6.47. The molecule has 1 saturated heterocycles. The first kappa shape index (κ1) is 17.4. The third-order valence-corrected chi connectivity index (χ3v) is 5.11. The minimum absolute atomic E-state index is 0.0683. The molecule has 1 atom stereocenters. The summed E-state index contributed by atoms with van der Waals surface area (Å²) in [5.41, 5.74) is 1.08. The predicted molar refractivity (Wildman–Crippen MR) is 83.6 cm³/mol. The zero-order chi connectivity index (χ0) is 17.2. The van der Waals surface area contributed by atoms with Gasteiger partial charge in [0.1, 0.15) is 6.10 Å². The molecule has 7 nitrogen and oxygen atoms in total. The van der Waals surface area contributed by atoms with Crippen LogP contribution in [0.3, 0.4) is 0 Å². The summed E-state index contributed by atoms with van der Waals surface area (Å²) in [6.45, 7) is 5.63. The van der Waals surface area contributed by atoms with E-state index in [4.69, 9.17) is 4.74 Å². The number of carbonyl (C=O) groups is 2. The van der Waals surface area contributed by atoms with Crippen molar-refractivity contribution in [3.63, 3.8) is 0 Å². The largest absolute Gasteiger partial charge is 0.459 e. The Morgan fingerprint density at radius 3 is 2.35 bits per heavy atom. The fourth-order valence-electron chi connectivity index (χ4n) is 1.95. The Balaban J connectivity index is 2.03. The van der Waals surface area contributed by atoms with Gasteiger partial charge in [-0.1, -0.05) is 26.0 Å². The molecule has 23 heavy (non-hydrogen) atoms. The van der Waals surface area contributed by atoms with Gasteiger partial charge in [0.15, 0.2) is 0 Å². The first-order valence-corrected chi connectivity index (χ1v) is 8.73. The number of hydrogen-bond acceptors (Lipinski definition) is 5. The van der Waals surface area contributed by atoms with Crippen molar-refractivity contribution in [2.75, 3.05) is 6.54 Å². The number of benzene rings is 1. The third-order valence-electron chi connectivity index (χ3n) is 3.68. The molecule has 1 fully saturated rings. The molecular formula is C15H20N2O5S. The molecule has 0 aromatic heterocycles. The van der Waals surface area contributed by atoms with Crippen molar-refractivity contribution in [3.05, 3.63) is 35.4 Å². The summed E-state index contributed by atoms with van der Waals surface area (Å²) in [5, 5.41) is 0. The summed E-state index contributed by atoms with van der Waals surface area (Å²) >= 11 is 0. The van der Waals surface area contributed by atoms with Gasteiger partial charge < -0.3 is 4.74 Å². The van der Waals surface area contributed by atoms with Crippen molar-refractivity contribution < 1.29 is 22.7 Å². The monoisotopic (exact) mass is 340 g/mol. The van der Waals surface area contributed by atoms with Gasteiger partial charge >= 0.3 is 16.2 Å². The molecule has 1 aromatic rings.